The van der Waals surface area contributed by atoms with Gasteiger partial charge in [0.1, 0.15) is 0 Å². The molecule has 17 heavy (non-hydrogen) atoms. The van der Waals surface area contributed by atoms with E-state index in [1.807, 2.05) is 19.1 Å². The number of carbonyl (C=O) groups is 1. The smallest absolute Gasteiger partial charge is 0.338 e. The highest BCUT2D eigenvalue weighted by Crippen LogP contribution is 2.12. The summed E-state index contributed by atoms with van der Waals surface area (Å²) in [4.78, 5) is 11.6. The Labute approximate surface area is 103 Å². The van der Waals surface area contributed by atoms with E-state index in [0.29, 0.717) is 18.2 Å². The summed E-state index contributed by atoms with van der Waals surface area (Å²) in [5.74, 6) is -0.248. The molecule has 1 atom stereocenters. The first-order valence-electron chi connectivity index (χ1n) is 6.21. The van der Waals surface area contributed by atoms with Crippen molar-refractivity contribution in [3.05, 3.63) is 29.8 Å². The van der Waals surface area contributed by atoms with Crippen molar-refractivity contribution in [2.24, 2.45) is 0 Å². The zero-order valence-electron chi connectivity index (χ0n) is 10.8. The normalized spacial score (nSPS) is 11.9. The SMILES string of the molecule is CCCOC(=O)c1ccc(NC(C)CC)cc1. The summed E-state index contributed by atoms with van der Waals surface area (Å²) in [6, 6.07) is 7.85. The highest BCUT2D eigenvalue weighted by Gasteiger charge is 2.06. The van der Waals surface area contributed by atoms with Crippen molar-refractivity contribution >= 4 is 11.7 Å². The van der Waals surface area contributed by atoms with E-state index in [4.69, 9.17) is 4.74 Å². The number of hydrogen-bond donors (Lipinski definition) is 1. The monoisotopic (exact) mass is 235 g/mol. The first kappa shape index (κ1) is 13.6. The largest absolute Gasteiger partial charge is 0.462 e. The van der Waals surface area contributed by atoms with Crippen molar-refractivity contribution in [3.63, 3.8) is 0 Å². The van der Waals surface area contributed by atoms with E-state index in [1.165, 1.54) is 0 Å². The van der Waals surface area contributed by atoms with Gasteiger partial charge < -0.3 is 10.1 Å². The summed E-state index contributed by atoms with van der Waals surface area (Å²) >= 11 is 0. The van der Waals surface area contributed by atoms with Gasteiger partial charge in [0.25, 0.3) is 0 Å². The molecule has 0 aliphatic carbocycles. The van der Waals surface area contributed by atoms with E-state index < -0.39 is 0 Å². The molecule has 0 radical (unpaired) electrons. The summed E-state index contributed by atoms with van der Waals surface area (Å²) in [5.41, 5.74) is 1.64. The zero-order chi connectivity index (χ0) is 12.7. The molecule has 0 aliphatic heterocycles. The van der Waals surface area contributed by atoms with Crippen molar-refractivity contribution in [1.82, 2.24) is 0 Å². The first-order valence-corrected chi connectivity index (χ1v) is 6.21. The first-order chi connectivity index (χ1) is 8.17. The molecule has 0 saturated carbocycles. The number of esters is 1. The third-order valence-electron chi connectivity index (χ3n) is 2.58. The van der Waals surface area contributed by atoms with Crippen LogP contribution in [0.1, 0.15) is 44.0 Å². The molecule has 0 amide bonds. The van der Waals surface area contributed by atoms with Gasteiger partial charge in [-0.3, -0.25) is 0 Å². The molecular weight excluding hydrogens is 214 g/mol. The molecule has 1 aromatic rings. The van der Waals surface area contributed by atoms with E-state index in [-0.39, 0.29) is 5.97 Å². The molecule has 0 fully saturated rings. The standard InChI is InChI=1S/C14H21NO2/c1-4-10-17-14(16)12-6-8-13(9-7-12)15-11(3)5-2/h6-9,11,15H,4-5,10H2,1-3H3. The topological polar surface area (TPSA) is 38.3 Å². The van der Waals surface area contributed by atoms with Crippen LogP contribution in [0.2, 0.25) is 0 Å². The number of anilines is 1. The van der Waals surface area contributed by atoms with Crippen molar-refractivity contribution < 1.29 is 9.53 Å². The molecule has 0 bridgehead atoms. The third kappa shape index (κ3) is 4.47. The Kier molecular flexibility index (Phi) is 5.53. The summed E-state index contributed by atoms with van der Waals surface area (Å²) in [7, 11) is 0. The molecule has 0 aromatic heterocycles. The Morgan fingerprint density at radius 2 is 1.94 bits per heavy atom. The van der Waals surface area contributed by atoms with Gasteiger partial charge in [-0.2, -0.15) is 0 Å². The van der Waals surface area contributed by atoms with E-state index in [9.17, 15) is 4.79 Å². The molecule has 0 heterocycles. The van der Waals surface area contributed by atoms with Crippen molar-refractivity contribution in [3.8, 4) is 0 Å². The molecule has 0 saturated heterocycles. The van der Waals surface area contributed by atoms with Gasteiger partial charge in [-0.05, 0) is 44.0 Å². The van der Waals surface area contributed by atoms with Crippen molar-refractivity contribution in [2.45, 2.75) is 39.7 Å². The van der Waals surface area contributed by atoms with Gasteiger partial charge in [-0.15, -0.1) is 0 Å². The third-order valence-corrected chi connectivity index (χ3v) is 2.58. The lowest BCUT2D eigenvalue weighted by Gasteiger charge is -2.13. The summed E-state index contributed by atoms with van der Waals surface area (Å²) in [5, 5.41) is 3.35. The van der Waals surface area contributed by atoms with Gasteiger partial charge in [0.05, 0.1) is 12.2 Å². The van der Waals surface area contributed by atoms with E-state index in [0.717, 1.165) is 18.5 Å². The molecule has 1 rings (SSSR count). The maximum atomic E-state index is 11.6. The molecule has 3 nitrogen and oxygen atoms in total. The van der Waals surface area contributed by atoms with Crippen LogP contribution in [0.5, 0.6) is 0 Å². The molecule has 0 aliphatic rings. The Hall–Kier alpha value is -1.51. The minimum atomic E-state index is -0.248. The average molecular weight is 235 g/mol. The van der Waals surface area contributed by atoms with Crippen LogP contribution in [-0.2, 0) is 4.74 Å². The minimum absolute atomic E-state index is 0.248. The predicted molar refractivity (Wildman–Crippen MR) is 70.4 cm³/mol. The lowest BCUT2D eigenvalue weighted by molar-refractivity contribution is 0.0505. The lowest BCUT2D eigenvalue weighted by Crippen LogP contribution is -2.13. The van der Waals surface area contributed by atoms with Gasteiger partial charge in [-0.1, -0.05) is 13.8 Å². The fraction of sp³-hybridized carbons (Fsp3) is 0.500. The van der Waals surface area contributed by atoms with Gasteiger partial charge >= 0.3 is 5.97 Å². The van der Waals surface area contributed by atoms with Crippen LogP contribution >= 0.6 is 0 Å². The maximum absolute atomic E-state index is 11.6. The number of nitrogens with one attached hydrogen (secondary N) is 1. The average Bonchev–Trinajstić information content (AvgIpc) is 2.36. The molecule has 1 unspecified atom stereocenters. The second-order valence-corrected chi connectivity index (χ2v) is 4.17. The Morgan fingerprint density at radius 1 is 1.29 bits per heavy atom. The molecule has 1 N–H and O–H groups in total. The fourth-order valence-corrected chi connectivity index (χ4v) is 1.37. The van der Waals surface area contributed by atoms with Crippen LogP contribution in [0.4, 0.5) is 5.69 Å². The zero-order valence-corrected chi connectivity index (χ0v) is 10.8. The van der Waals surface area contributed by atoms with Crippen LogP contribution in [0, 0.1) is 0 Å². The van der Waals surface area contributed by atoms with Gasteiger partial charge in [0, 0.05) is 11.7 Å². The van der Waals surface area contributed by atoms with E-state index in [2.05, 4.69) is 19.2 Å². The number of benzene rings is 1. The number of hydrogen-bond acceptors (Lipinski definition) is 3. The van der Waals surface area contributed by atoms with Crippen LogP contribution < -0.4 is 5.32 Å². The Morgan fingerprint density at radius 3 is 2.47 bits per heavy atom. The summed E-state index contributed by atoms with van der Waals surface area (Å²) < 4.78 is 5.06. The Bertz CT molecular complexity index is 346. The minimum Gasteiger partial charge on any atom is -0.462 e. The molecule has 3 heteroatoms. The highest BCUT2D eigenvalue weighted by atomic mass is 16.5. The second kappa shape index (κ2) is 6.94. The highest BCUT2D eigenvalue weighted by molar-refractivity contribution is 5.89. The summed E-state index contributed by atoms with van der Waals surface area (Å²) in [6.07, 6.45) is 1.92. The molecule has 94 valence electrons. The van der Waals surface area contributed by atoms with Gasteiger partial charge in [-0.25, -0.2) is 4.79 Å². The Balaban J connectivity index is 2.58. The van der Waals surface area contributed by atoms with Gasteiger partial charge in [0.15, 0.2) is 0 Å². The van der Waals surface area contributed by atoms with E-state index in [1.54, 1.807) is 12.1 Å². The number of rotatable bonds is 6. The molecule has 1 aromatic carbocycles. The van der Waals surface area contributed by atoms with Crippen LogP contribution in [0.3, 0.4) is 0 Å². The van der Waals surface area contributed by atoms with Crippen molar-refractivity contribution in [2.75, 3.05) is 11.9 Å². The molecular formula is C14H21NO2. The second-order valence-electron chi connectivity index (χ2n) is 4.17. The summed E-state index contributed by atoms with van der Waals surface area (Å²) in [6.45, 7) is 6.72. The maximum Gasteiger partial charge on any atom is 0.338 e. The lowest BCUT2D eigenvalue weighted by atomic mass is 10.2. The van der Waals surface area contributed by atoms with Crippen molar-refractivity contribution in [1.29, 1.82) is 0 Å². The van der Waals surface area contributed by atoms with Crippen LogP contribution in [-0.4, -0.2) is 18.6 Å². The fourth-order valence-electron chi connectivity index (χ4n) is 1.37. The predicted octanol–water partition coefficient (Wildman–Crippen LogP) is 3.46. The quantitative estimate of drug-likeness (QED) is 0.767. The van der Waals surface area contributed by atoms with E-state index >= 15 is 0 Å². The molecule has 0 spiro atoms. The van der Waals surface area contributed by atoms with Crippen LogP contribution in [0.15, 0.2) is 24.3 Å². The number of carbonyl (C=O) groups excluding carboxylic acids is 1. The van der Waals surface area contributed by atoms with Gasteiger partial charge in [0.2, 0.25) is 0 Å². The van der Waals surface area contributed by atoms with Crippen LogP contribution in [0.25, 0.3) is 0 Å². The number of ether oxygens (including phenoxy) is 1.